The van der Waals surface area contributed by atoms with Crippen LogP contribution in [0.1, 0.15) is 44.7 Å². The summed E-state index contributed by atoms with van der Waals surface area (Å²) in [6.07, 6.45) is 7.61. The summed E-state index contributed by atoms with van der Waals surface area (Å²) in [6, 6.07) is 0. The summed E-state index contributed by atoms with van der Waals surface area (Å²) in [7, 11) is -3.41. The fourth-order valence-corrected chi connectivity index (χ4v) is 3.92. The van der Waals surface area contributed by atoms with E-state index in [9.17, 15) is 8.42 Å². The van der Waals surface area contributed by atoms with Gasteiger partial charge in [-0.3, -0.25) is 4.68 Å². The maximum atomic E-state index is 12.3. The van der Waals surface area contributed by atoms with Gasteiger partial charge in [-0.15, -0.1) is 0 Å². The van der Waals surface area contributed by atoms with Gasteiger partial charge in [0.05, 0.1) is 5.69 Å². The van der Waals surface area contributed by atoms with Gasteiger partial charge in [0.15, 0.2) is 0 Å². The summed E-state index contributed by atoms with van der Waals surface area (Å²) in [6.45, 7) is 4.91. The van der Waals surface area contributed by atoms with Gasteiger partial charge >= 0.3 is 0 Å². The Hall–Kier alpha value is -0.880. The molecule has 0 bridgehead atoms. The predicted octanol–water partition coefficient (Wildman–Crippen LogP) is 2.07. The molecule has 1 aliphatic rings. The van der Waals surface area contributed by atoms with E-state index >= 15 is 0 Å². The highest BCUT2D eigenvalue weighted by atomic mass is 32.2. The number of hydrogen-bond acceptors (Lipinski definition) is 3. The molecular formula is C13H23N3O2S. The number of sulfonamides is 1. The zero-order chi connectivity index (χ0) is 13.9. The number of aryl methyl sites for hydroxylation is 2. The first-order valence-corrected chi connectivity index (χ1v) is 8.55. The molecule has 0 amide bonds. The average Bonchev–Trinajstić information content (AvgIpc) is 2.80. The van der Waals surface area contributed by atoms with Gasteiger partial charge in [-0.25, -0.2) is 13.1 Å². The molecule has 2 rings (SSSR count). The smallest absolute Gasteiger partial charge is 0.243 e. The van der Waals surface area contributed by atoms with Gasteiger partial charge in [-0.1, -0.05) is 19.3 Å². The molecule has 6 heteroatoms. The Labute approximate surface area is 115 Å². The number of aromatic nitrogens is 2. The molecule has 0 atom stereocenters. The molecule has 0 unspecified atom stereocenters. The SMILES string of the molecule is CCn1cc(S(=O)(=O)NCC2CCCCC2)c(C)n1. The van der Waals surface area contributed by atoms with E-state index in [1.54, 1.807) is 17.8 Å². The van der Waals surface area contributed by atoms with Crippen molar-refractivity contribution in [2.45, 2.75) is 57.4 Å². The maximum Gasteiger partial charge on any atom is 0.243 e. The quantitative estimate of drug-likeness (QED) is 0.900. The van der Waals surface area contributed by atoms with Crippen molar-refractivity contribution in [3.63, 3.8) is 0 Å². The lowest BCUT2D eigenvalue weighted by Crippen LogP contribution is -2.30. The number of nitrogens with zero attached hydrogens (tertiary/aromatic N) is 2. The highest BCUT2D eigenvalue weighted by molar-refractivity contribution is 7.89. The van der Waals surface area contributed by atoms with Gasteiger partial charge in [0, 0.05) is 19.3 Å². The number of hydrogen-bond donors (Lipinski definition) is 1. The average molecular weight is 285 g/mol. The van der Waals surface area contributed by atoms with E-state index < -0.39 is 10.0 Å². The Morgan fingerprint density at radius 2 is 2.05 bits per heavy atom. The summed E-state index contributed by atoms with van der Waals surface area (Å²) in [4.78, 5) is 0.310. The molecule has 1 fully saturated rings. The minimum absolute atomic E-state index is 0.310. The fraction of sp³-hybridized carbons (Fsp3) is 0.769. The molecule has 1 aliphatic carbocycles. The normalized spacial score (nSPS) is 17.8. The summed E-state index contributed by atoms with van der Waals surface area (Å²) in [5.74, 6) is 0.491. The van der Waals surface area contributed by atoms with E-state index in [-0.39, 0.29) is 0 Å². The van der Waals surface area contributed by atoms with E-state index in [1.807, 2.05) is 6.92 Å². The van der Waals surface area contributed by atoms with E-state index in [2.05, 4.69) is 9.82 Å². The topological polar surface area (TPSA) is 64.0 Å². The largest absolute Gasteiger partial charge is 0.271 e. The lowest BCUT2D eigenvalue weighted by Gasteiger charge is -2.21. The molecule has 1 N–H and O–H groups in total. The van der Waals surface area contributed by atoms with Crippen molar-refractivity contribution in [1.29, 1.82) is 0 Å². The monoisotopic (exact) mass is 285 g/mol. The Morgan fingerprint density at radius 1 is 1.37 bits per heavy atom. The molecule has 5 nitrogen and oxygen atoms in total. The third-order valence-corrected chi connectivity index (χ3v) is 5.33. The highest BCUT2D eigenvalue weighted by Crippen LogP contribution is 2.23. The predicted molar refractivity (Wildman–Crippen MR) is 74.4 cm³/mol. The summed E-state index contributed by atoms with van der Waals surface area (Å²) >= 11 is 0. The van der Waals surface area contributed by atoms with Crippen LogP contribution in [0, 0.1) is 12.8 Å². The van der Waals surface area contributed by atoms with Crippen LogP contribution in [0.2, 0.25) is 0 Å². The Kier molecular flexibility index (Phi) is 4.62. The van der Waals surface area contributed by atoms with Crippen molar-refractivity contribution < 1.29 is 8.42 Å². The van der Waals surface area contributed by atoms with Gasteiger partial charge in [0.1, 0.15) is 4.90 Å². The van der Waals surface area contributed by atoms with Crippen LogP contribution in [0.15, 0.2) is 11.1 Å². The van der Waals surface area contributed by atoms with Crippen LogP contribution in [0.4, 0.5) is 0 Å². The van der Waals surface area contributed by atoms with E-state index in [0.29, 0.717) is 29.6 Å². The molecule has 0 radical (unpaired) electrons. The van der Waals surface area contributed by atoms with Gasteiger partial charge in [-0.05, 0) is 32.6 Å². The van der Waals surface area contributed by atoms with Gasteiger partial charge in [0.25, 0.3) is 0 Å². The number of rotatable bonds is 5. The van der Waals surface area contributed by atoms with E-state index in [1.165, 1.54) is 19.3 Å². The summed E-state index contributed by atoms with van der Waals surface area (Å²) in [5.41, 5.74) is 0.568. The van der Waals surface area contributed by atoms with Crippen LogP contribution in [-0.4, -0.2) is 24.7 Å². The molecule has 19 heavy (non-hydrogen) atoms. The van der Waals surface area contributed by atoms with Crippen molar-refractivity contribution in [1.82, 2.24) is 14.5 Å². The van der Waals surface area contributed by atoms with Gasteiger partial charge in [-0.2, -0.15) is 5.10 Å². The second-order valence-electron chi connectivity index (χ2n) is 5.29. The minimum Gasteiger partial charge on any atom is -0.271 e. The number of nitrogens with one attached hydrogen (secondary N) is 1. The fourth-order valence-electron chi connectivity index (χ4n) is 2.62. The van der Waals surface area contributed by atoms with Crippen LogP contribution in [0.5, 0.6) is 0 Å². The van der Waals surface area contributed by atoms with Crippen LogP contribution in [0.3, 0.4) is 0 Å². The highest BCUT2D eigenvalue weighted by Gasteiger charge is 2.22. The zero-order valence-corrected chi connectivity index (χ0v) is 12.5. The second kappa shape index (κ2) is 6.05. The van der Waals surface area contributed by atoms with Crippen molar-refractivity contribution >= 4 is 10.0 Å². The molecule has 1 aromatic heterocycles. The Morgan fingerprint density at radius 3 is 2.63 bits per heavy atom. The third kappa shape index (κ3) is 3.57. The second-order valence-corrected chi connectivity index (χ2v) is 7.03. The van der Waals surface area contributed by atoms with Crippen molar-refractivity contribution in [3.8, 4) is 0 Å². The summed E-state index contributed by atoms with van der Waals surface area (Å²) in [5, 5.41) is 4.19. The molecule has 0 saturated heterocycles. The van der Waals surface area contributed by atoms with Crippen LogP contribution >= 0.6 is 0 Å². The Balaban J connectivity index is 2.02. The van der Waals surface area contributed by atoms with Crippen molar-refractivity contribution in [2.75, 3.05) is 6.54 Å². The lowest BCUT2D eigenvalue weighted by atomic mass is 9.90. The van der Waals surface area contributed by atoms with Crippen LogP contribution in [0.25, 0.3) is 0 Å². The zero-order valence-electron chi connectivity index (χ0n) is 11.7. The molecule has 1 aromatic rings. The molecule has 0 spiro atoms. The lowest BCUT2D eigenvalue weighted by molar-refractivity contribution is 0.357. The van der Waals surface area contributed by atoms with Gasteiger partial charge < -0.3 is 0 Å². The first-order valence-electron chi connectivity index (χ1n) is 7.06. The van der Waals surface area contributed by atoms with Crippen molar-refractivity contribution in [3.05, 3.63) is 11.9 Å². The van der Waals surface area contributed by atoms with Crippen LogP contribution in [-0.2, 0) is 16.6 Å². The molecule has 108 valence electrons. The van der Waals surface area contributed by atoms with Gasteiger partial charge in [0.2, 0.25) is 10.0 Å². The maximum absolute atomic E-state index is 12.3. The standard InChI is InChI=1S/C13H23N3O2S/c1-3-16-10-13(11(2)15-16)19(17,18)14-9-12-7-5-4-6-8-12/h10,12,14H,3-9H2,1-2H3. The Bertz CT molecular complexity index is 516. The minimum atomic E-state index is -3.41. The molecule has 0 aromatic carbocycles. The van der Waals surface area contributed by atoms with E-state index in [0.717, 1.165) is 12.8 Å². The van der Waals surface area contributed by atoms with Crippen molar-refractivity contribution in [2.24, 2.45) is 5.92 Å². The first-order chi connectivity index (χ1) is 9.03. The third-order valence-electron chi connectivity index (χ3n) is 3.80. The molecular weight excluding hydrogens is 262 g/mol. The molecule has 1 saturated carbocycles. The molecule has 0 aliphatic heterocycles. The van der Waals surface area contributed by atoms with E-state index in [4.69, 9.17) is 0 Å². The van der Waals surface area contributed by atoms with Crippen LogP contribution < -0.4 is 4.72 Å². The summed E-state index contributed by atoms with van der Waals surface area (Å²) < 4.78 is 28.9. The molecule has 1 heterocycles. The first kappa shape index (κ1) is 14.5.